The Labute approximate surface area is 126 Å². The molecule has 1 aromatic heterocycles. The molecule has 0 aliphatic rings. The van der Waals surface area contributed by atoms with E-state index in [0.29, 0.717) is 27.9 Å². The van der Waals surface area contributed by atoms with E-state index in [0.717, 1.165) is 5.69 Å². The zero-order valence-corrected chi connectivity index (χ0v) is 13.0. The number of hydrogen-bond donors (Lipinski definition) is 1. The lowest BCUT2D eigenvalue weighted by molar-refractivity contribution is 0.102. The molecule has 7 heteroatoms. The average Bonchev–Trinajstić information content (AvgIpc) is 2.92. The van der Waals surface area contributed by atoms with Crippen molar-refractivity contribution in [2.45, 2.75) is 6.92 Å². The summed E-state index contributed by atoms with van der Waals surface area (Å²) < 4.78 is 15.7. The van der Waals surface area contributed by atoms with Crippen molar-refractivity contribution >= 4 is 22.9 Å². The third-order valence-corrected chi connectivity index (χ3v) is 3.69. The largest absolute Gasteiger partial charge is 0.493 e. The second kappa shape index (κ2) is 6.45. The van der Waals surface area contributed by atoms with Crippen LogP contribution < -0.4 is 19.5 Å². The number of hydrogen-bond acceptors (Lipinski definition) is 6. The van der Waals surface area contributed by atoms with Crippen LogP contribution in [0.5, 0.6) is 17.2 Å². The van der Waals surface area contributed by atoms with Gasteiger partial charge in [-0.1, -0.05) is 0 Å². The van der Waals surface area contributed by atoms with Crippen LogP contribution >= 0.6 is 11.3 Å². The fraction of sp³-hybridized carbons (Fsp3) is 0.286. The van der Waals surface area contributed by atoms with Gasteiger partial charge in [0.05, 0.1) is 21.3 Å². The maximum atomic E-state index is 12.1. The lowest BCUT2D eigenvalue weighted by Crippen LogP contribution is -2.12. The lowest BCUT2D eigenvalue weighted by Gasteiger charge is -2.14. The summed E-state index contributed by atoms with van der Waals surface area (Å²) in [4.78, 5) is 16.3. The lowest BCUT2D eigenvalue weighted by atomic mass is 10.2. The number of carbonyl (C=O) groups is 1. The van der Waals surface area contributed by atoms with Gasteiger partial charge in [-0.25, -0.2) is 4.98 Å². The number of rotatable bonds is 5. The van der Waals surface area contributed by atoms with E-state index in [2.05, 4.69) is 10.3 Å². The highest BCUT2D eigenvalue weighted by molar-refractivity contribution is 7.11. The van der Waals surface area contributed by atoms with Gasteiger partial charge >= 0.3 is 0 Å². The Kier molecular flexibility index (Phi) is 4.64. The van der Waals surface area contributed by atoms with Gasteiger partial charge < -0.3 is 19.5 Å². The van der Waals surface area contributed by atoms with E-state index in [-0.39, 0.29) is 5.91 Å². The zero-order valence-electron chi connectivity index (χ0n) is 12.2. The quantitative estimate of drug-likeness (QED) is 0.919. The van der Waals surface area contributed by atoms with Gasteiger partial charge in [0.1, 0.15) is 0 Å². The number of amides is 1. The van der Waals surface area contributed by atoms with Crippen molar-refractivity contribution in [1.29, 1.82) is 0 Å². The monoisotopic (exact) mass is 308 g/mol. The maximum absolute atomic E-state index is 12.1. The van der Waals surface area contributed by atoms with Gasteiger partial charge in [0.15, 0.2) is 16.5 Å². The minimum absolute atomic E-state index is 0.276. The second-order valence-electron chi connectivity index (χ2n) is 4.16. The van der Waals surface area contributed by atoms with Crippen LogP contribution in [0.25, 0.3) is 0 Å². The Bertz CT molecular complexity index is 629. The average molecular weight is 308 g/mol. The molecule has 0 radical (unpaired) electrons. The second-order valence-corrected chi connectivity index (χ2v) is 5.02. The summed E-state index contributed by atoms with van der Waals surface area (Å²) in [6.07, 6.45) is 0. The summed E-state index contributed by atoms with van der Waals surface area (Å²) in [6.45, 7) is 1.84. The Morgan fingerprint density at radius 3 is 2.19 bits per heavy atom. The van der Waals surface area contributed by atoms with Crippen LogP contribution in [0.3, 0.4) is 0 Å². The fourth-order valence-corrected chi connectivity index (χ4v) is 2.49. The van der Waals surface area contributed by atoms with Gasteiger partial charge in [0.25, 0.3) is 5.91 Å². The predicted octanol–water partition coefficient (Wildman–Crippen LogP) is 2.73. The van der Waals surface area contributed by atoms with Crippen molar-refractivity contribution in [1.82, 2.24) is 4.98 Å². The van der Waals surface area contributed by atoms with E-state index in [9.17, 15) is 4.79 Å². The molecule has 0 aliphatic carbocycles. The summed E-state index contributed by atoms with van der Waals surface area (Å²) in [7, 11) is 4.57. The topological polar surface area (TPSA) is 69.7 Å². The van der Waals surface area contributed by atoms with Crippen LogP contribution in [-0.2, 0) is 0 Å². The summed E-state index contributed by atoms with van der Waals surface area (Å²) in [5.74, 6) is 1.15. The molecule has 0 saturated heterocycles. The molecule has 0 aliphatic heterocycles. The smallest absolute Gasteiger partial charge is 0.284 e. The van der Waals surface area contributed by atoms with Crippen LogP contribution in [0, 0.1) is 6.92 Å². The predicted molar refractivity (Wildman–Crippen MR) is 80.9 cm³/mol. The molecule has 0 atom stereocenters. The Balaban J connectivity index is 2.29. The van der Waals surface area contributed by atoms with Crippen molar-refractivity contribution in [3.8, 4) is 17.2 Å². The third kappa shape index (κ3) is 3.25. The fourth-order valence-electron chi connectivity index (χ4n) is 1.80. The molecule has 0 unspecified atom stereocenters. The number of carbonyl (C=O) groups excluding carboxylic acids is 1. The first kappa shape index (κ1) is 15.1. The SMILES string of the molecule is COc1cc(NC(=O)c2nc(C)cs2)cc(OC)c1OC. The van der Waals surface area contributed by atoms with Gasteiger partial charge in [-0.15, -0.1) is 11.3 Å². The van der Waals surface area contributed by atoms with Crippen LogP contribution in [0.1, 0.15) is 15.5 Å². The van der Waals surface area contributed by atoms with Crippen LogP contribution in [-0.4, -0.2) is 32.2 Å². The summed E-state index contributed by atoms with van der Waals surface area (Å²) in [5, 5.41) is 4.99. The van der Waals surface area contributed by atoms with Crippen LogP contribution in [0.4, 0.5) is 5.69 Å². The number of nitrogens with zero attached hydrogens (tertiary/aromatic N) is 1. The molecular weight excluding hydrogens is 292 g/mol. The van der Waals surface area contributed by atoms with E-state index in [1.807, 2.05) is 12.3 Å². The molecule has 21 heavy (non-hydrogen) atoms. The highest BCUT2D eigenvalue weighted by Crippen LogP contribution is 2.40. The van der Waals surface area contributed by atoms with E-state index in [4.69, 9.17) is 14.2 Å². The van der Waals surface area contributed by atoms with Gasteiger partial charge in [0, 0.05) is 28.9 Å². The number of aromatic nitrogens is 1. The minimum Gasteiger partial charge on any atom is -0.493 e. The number of nitrogens with one attached hydrogen (secondary N) is 1. The van der Waals surface area contributed by atoms with Crippen LogP contribution in [0.2, 0.25) is 0 Å². The summed E-state index contributed by atoms with van der Waals surface area (Å²) >= 11 is 1.29. The minimum atomic E-state index is -0.276. The zero-order chi connectivity index (χ0) is 15.4. The van der Waals surface area contributed by atoms with Gasteiger partial charge in [-0.05, 0) is 6.92 Å². The van der Waals surface area contributed by atoms with Crippen molar-refractivity contribution in [3.05, 3.63) is 28.2 Å². The normalized spacial score (nSPS) is 10.1. The van der Waals surface area contributed by atoms with Gasteiger partial charge in [-0.3, -0.25) is 4.79 Å². The van der Waals surface area contributed by atoms with Crippen molar-refractivity contribution < 1.29 is 19.0 Å². The molecule has 0 fully saturated rings. The molecule has 2 aromatic rings. The van der Waals surface area contributed by atoms with Crippen molar-refractivity contribution in [3.63, 3.8) is 0 Å². The maximum Gasteiger partial charge on any atom is 0.284 e. The van der Waals surface area contributed by atoms with E-state index in [1.54, 1.807) is 12.1 Å². The summed E-state index contributed by atoms with van der Waals surface area (Å²) in [5.41, 5.74) is 1.36. The molecule has 1 heterocycles. The van der Waals surface area contributed by atoms with Crippen molar-refractivity contribution in [2.24, 2.45) is 0 Å². The van der Waals surface area contributed by atoms with E-state index < -0.39 is 0 Å². The number of benzene rings is 1. The summed E-state index contributed by atoms with van der Waals surface area (Å²) in [6, 6.07) is 3.33. The highest BCUT2D eigenvalue weighted by Gasteiger charge is 2.16. The molecule has 112 valence electrons. The standard InChI is InChI=1S/C14H16N2O4S/c1-8-7-21-14(15-8)13(17)16-9-5-10(18-2)12(20-4)11(6-9)19-3/h5-7H,1-4H3,(H,16,17). The van der Waals surface area contributed by atoms with Crippen molar-refractivity contribution in [2.75, 3.05) is 26.6 Å². The van der Waals surface area contributed by atoms with E-state index in [1.165, 1.54) is 32.7 Å². The molecule has 1 N–H and O–H groups in total. The number of thiazole rings is 1. The molecule has 6 nitrogen and oxygen atoms in total. The first-order valence-electron chi connectivity index (χ1n) is 6.12. The van der Waals surface area contributed by atoms with Gasteiger partial charge in [-0.2, -0.15) is 0 Å². The molecule has 2 rings (SSSR count). The number of anilines is 1. The van der Waals surface area contributed by atoms with Crippen LogP contribution in [0.15, 0.2) is 17.5 Å². The molecule has 1 amide bonds. The number of methoxy groups -OCH3 is 3. The molecule has 0 spiro atoms. The first-order valence-corrected chi connectivity index (χ1v) is 7.00. The number of aryl methyl sites for hydroxylation is 1. The number of ether oxygens (including phenoxy) is 3. The molecular formula is C14H16N2O4S. The Morgan fingerprint density at radius 1 is 1.14 bits per heavy atom. The molecule has 1 aromatic carbocycles. The molecule has 0 saturated carbocycles. The highest BCUT2D eigenvalue weighted by atomic mass is 32.1. The third-order valence-electron chi connectivity index (χ3n) is 2.74. The van der Waals surface area contributed by atoms with E-state index >= 15 is 0 Å². The Hall–Kier alpha value is -2.28. The van der Waals surface area contributed by atoms with Gasteiger partial charge in [0.2, 0.25) is 5.75 Å². The molecule has 0 bridgehead atoms. The Morgan fingerprint density at radius 2 is 1.76 bits per heavy atom. The first-order chi connectivity index (χ1) is 10.1.